The second kappa shape index (κ2) is 9.30. The van der Waals surface area contributed by atoms with Gasteiger partial charge in [-0.25, -0.2) is 4.39 Å². The number of nitrogens with one attached hydrogen (secondary N) is 1. The molecule has 0 unspecified atom stereocenters. The Morgan fingerprint density at radius 1 is 1.00 bits per heavy atom. The van der Waals surface area contributed by atoms with Crippen molar-refractivity contribution < 1.29 is 23.2 Å². The van der Waals surface area contributed by atoms with E-state index < -0.39 is 17.8 Å². The monoisotopic (exact) mass is 433 g/mol. The molecule has 8 heteroatoms. The first kappa shape index (κ1) is 21.0. The van der Waals surface area contributed by atoms with E-state index in [-0.39, 0.29) is 5.75 Å². The zero-order chi connectivity index (χ0) is 22.5. The normalized spacial score (nSPS) is 11.6. The van der Waals surface area contributed by atoms with Gasteiger partial charge in [0.05, 0.1) is 7.11 Å². The molecule has 0 saturated heterocycles. The molecule has 1 amide bonds. The predicted octanol–water partition coefficient (Wildman–Crippen LogP) is 4.96. The van der Waals surface area contributed by atoms with Gasteiger partial charge >= 0.3 is 0 Å². The molecule has 162 valence electrons. The van der Waals surface area contributed by atoms with Crippen molar-refractivity contribution in [2.75, 3.05) is 12.4 Å². The van der Waals surface area contributed by atoms with Gasteiger partial charge in [-0.3, -0.25) is 4.79 Å². The molecule has 0 radical (unpaired) electrons. The summed E-state index contributed by atoms with van der Waals surface area (Å²) in [6.07, 6.45) is -0.880. The lowest BCUT2D eigenvalue weighted by Gasteiger charge is -2.15. The van der Waals surface area contributed by atoms with Crippen molar-refractivity contribution in [1.82, 2.24) is 10.1 Å². The highest BCUT2D eigenvalue weighted by molar-refractivity contribution is 5.94. The Bertz CT molecular complexity index is 1210. The lowest BCUT2D eigenvalue weighted by molar-refractivity contribution is -0.122. The van der Waals surface area contributed by atoms with Crippen molar-refractivity contribution in [1.29, 1.82) is 0 Å². The fourth-order valence-corrected chi connectivity index (χ4v) is 2.92. The van der Waals surface area contributed by atoms with Gasteiger partial charge in [0.15, 0.2) is 17.7 Å². The fourth-order valence-electron chi connectivity index (χ4n) is 2.92. The summed E-state index contributed by atoms with van der Waals surface area (Å²) in [6.45, 7) is 1.55. The topological polar surface area (TPSA) is 86.5 Å². The molecule has 0 aliphatic rings. The molecule has 1 atom stereocenters. The van der Waals surface area contributed by atoms with Crippen LogP contribution in [-0.4, -0.2) is 29.3 Å². The number of nitrogens with zero attached hydrogens (tertiary/aromatic N) is 2. The number of methoxy groups -OCH3 is 1. The van der Waals surface area contributed by atoms with Gasteiger partial charge in [-0.15, -0.1) is 0 Å². The van der Waals surface area contributed by atoms with E-state index >= 15 is 0 Å². The van der Waals surface area contributed by atoms with Crippen molar-refractivity contribution >= 4 is 11.6 Å². The van der Waals surface area contributed by atoms with Crippen LogP contribution in [0.25, 0.3) is 22.8 Å². The van der Waals surface area contributed by atoms with Crippen molar-refractivity contribution in [3.8, 4) is 34.3 Å². The second-order valence-electron chi connectivity index (χ2n) is 6.91. The highest BCUT2D eigenvalue weighted by atomic mass is 19.1. The van der Waals surface area contributed by atoms with E-state index in [9.17, 15) is 9.18 Å². The van der Waals surface area contributed by atoms with E-state index in [1.54, 1.807) is 50.4 Å². The molecule has 32 heavy (non-hydrogen) atoms. The number of amides is 1. The summed E-state index contributed by atoms with van der Waals surface area (Å²) < 4.78 is 29.6. The maximum atomic E-state index is 13.7. The smallest absolute Gasteiger partial charge is 0.265 e. The summed E-state index contributed by atoms with van der Waals surface area (Å²) in [6, 6.07) is 20.2. The van der Waals surface area contributed by atoms with E-state index in [2.05, 4.69) is 15.5 Å². The molecule has 1 N–H and O–H groups in total. The standard InChI is InChI=1S/C24H20FN3O4/c1-15(31-21-6-4-3-5-20(21)25)23(29)26-18-11-7-17(8-12-18)24-27-22(28-32-24)16-9-13-19(30-2)14-10-16/h3-15H,1-2H3,(H,26,29)/t15-/m1/s1. The number of benzene rings is 3. The first-order chi connectivity index (χ1) is 15.5. The van der Waals surface area contributed by atoms with Crippen LogP contribution in [-0.2, 0) is 4.79 Å². The number of ether oxygens (including phenoxy) is 2. The molecule has 0 spiro atoms. The van der Waals surface area contributed by atoms with E-state index in [1.165, 1.54) is 12.1 Å². The minimum Gasteiger partial charge on any atom is -0.497 e. The van der Waals surface area contributed by atoms with E-state index in [0.29, 0.717) is 23.0 Å². The van der Waals surface area contributed by atoms with Crippen LogP contribution in [0.3, 0.4) is 0 Å². The lowest BCUT2D eigenvalue weighted by atomic mass is 10.2. The summed E-state index contributed by atoms with van der Waals surface area (Å²) in [4.78, 5) is 16.8. The number of para-hydroxylation sites is 1. The number of aromatic nitrogens is 2. The van der Waals surface area contributed by atoms with Crippen LogP contribution in [0.1, 0.15) is 6.92 Å². The van der Waals surface area contributed by atoms with Gasteiger partial charge < -0.3 is 19.3 Å². The molecule has 0 fully saturated rings. The lowest BCUT2D eigenvalue weighted by Crippen LogP contribution is -2.30. The molecule has 3 aromatic carbocycles. The van der Waals surface area contributed by atoms with Crippen molar-refractivity contribution in [2.24, 2.45) is 0 Å². The summed E-state index contributed by atoms with van der Waals surface area (Å²) in [7, 11) is 1.60. The van der Waals surface area contributed by atoms with Gasteiger partial charge in [0.25, 0.3) is 11.8 Å². The average molecular weight is 433 g/mol. The van der Waals surface area contributed by atoms with Crippen LogP contribution >= 0.6 is 0 Å². The summed E-state index contributed by atoms with van der Waals surface area (Å²) in [5.74, 6) is 0.646. The fraction of sp³-hybridized carbons (Fsp3) is 0.125. The molecule has 0 aliphatic heterocycles. The maximum absolute atomic E-state index is 13.7. The molecule has 1 aromatic heterocycles. The Morgan fingerprint density at radius 3 is 2.38 bits per heavy atom. The Kier molecular flexibility index (Phi) is 6.12. The van der Waals surface area contributed by atoms with Crippen molar-refractivity contribution in [2.45, 2.75) is 13.0 Å². The quantitative estimate of drug-likeness (QED) is 0.443. The van der Waals surface area contributed by atoms with Crippen LogP contribution in [0, 0.1) is 5.82 Å². The van der Waals surface area contributed by atoms with Crippen LogP contribution in [0.2, 0.25) is 0 Å². The number of anilines is 1. The maximum Gasteiger partial charge on any atom is 0.265 e. The zero-order valence-electron chi connectivity index (χ0n) is 17.4. The van der Waals surface area contributed by atoms with Gasteiger partial charge in [-0.05, 0) is 67.6 Å². The zero-order valence-corrected chi connectivity index (χ0v) is 17.4. The number of rotatable bonds is 7. The van der Waals surface area contributed by atoms with Crippen molar-refractivity contribution in [3.05, 3.63) is 78.6 Å². The second-order valence-corrected chi connectivity index (χ2v) is 6.91. The van der Waals surface area contributed by atoms with Gasteiger partial charge in [0.1, 0.15) is 5.75 Å². The first-order valence-corrected chi connectivity index (χ1v) is 9.84. The highest BCUT2D eigenvalue weighted by Crippen LogP contribution is 2.25. The van der Waals surface area contributed by atoms with Gasteiger partial charge in [-0.2, -0.15) is 4.98 Å². The van der Waals surface area contributed by atoms with Crippen LogP contribution < -0.4 is 14.8 Å². The van der Waals surface area contributed by atoms with E-state index in [4.69, 9.17) is 14.0 Å². The van der Waals surface area contributed by atoms with E-state index in [1.807, 2.05) is 24.3 Å². The summed E-state index contributed by atoms with van der Waals surface area (Å²) in [5, 5.41) is 6.75. The third kappa shape index (κ3) is 4.75. The molecular formula is C24H20FN3O4. The van der Waals surface area contributed by atoms with Crippen molar-refractivity contribution in [3.63, 3.8) is 0 Å². The highest BCUT2D eigenvalue weighted by Gasteiger charge is 2.17. The van der Waals surface area contributed by atoms with Crippen LogP contribution in [0.5, 0.6) is 11.5 Å². The largest absolute Gasteiger partial charge is 0.497 e. The third-order valence-electron chi connectivity index (χ3n) is 4.68. The third-order valence-corrected chi connectivity index (χ3v) is 4.68. The van der Waals surface area contributed by atoms with Crippen LogP contribution in [0.15, 0.2) is 77.3 Å². The molecule has 0 bridgehead atoms. The summed E-state index contributed by atoms with van der Waals surface area (Å²) in [5.41, 5.74) is 2.05. The number of carbonyl (C=O) groups is 1. The van der Waals surface area contributed by atoms with Crippen LogP contribution in [0.4, 0.5) is 10.1 Å². The summed E-state index contributed by atoms with van der Waals surface area (Å²) >= 11 is 0. The number of halogens is 1. The number of carbonyl (C=O) groups excluding carboxylic acids is 1. The van der Waals surface area contributed by atoms with Gasteiger partial charge in [0, 0.05) is 16.8 Å². The molecule has 1 heterocycles. The predicted molar refractivity (Wildman–Crippen MR) is 117 cm³/mol. The molecule has 7 nitrogen and oxygen atoms in total. The number of hydrogen-bond acceptors (Lipinski definition) is 6. The molecule has 0 saturated carbocycles. The Labute approximate surface area is 183 Å². The minimum absolute atomic E-state index is 0.0227. The SMILES string of the molecule is COc1ccc(-c2noc(-c3ccc(NC(=O)[C@@H](C)Oc4ccccc4F)cc3)n2)cc1. The van der Waals surface area contributed by atoms with Gasteiger partial charge in [-0.1, -0.05) is 17.3 Å². The Morgan fingerprint density at radius 2 is 1.69 bits per heavy atom. The molecular weight excluding hydrogens is 413 g/mol. The Hall–Kier alpha value is -4.20. The first-order valence-electron chi connectivity index (χ1n) is 9.84. The Balaban J connectivity index is 1.40. The molecule has 4 rings (SSSR count). The van der Waals surface area contributed by atoms with E-state index in [0.717, 1.165) is 11.3 Å². The average Bonchev–Trinajstić information content (AvgIpc) is 3.31. The molecule has 4 aromatic rings. The minimum atomic E-state index is -0.880. The van der Waals surface area contributed by atoms with Gasteiger partial charge in [0.2, 0.25) is 5.82 Å². The molecule has 0 aliphatic carbocycles. The number of hydrogen-bond donors (Lipinski definition) is 1.